The number of aliphatic imine (C=N–C) groups is 2. The minimum atomic E-state index is -0.405. The predicted molar refractivity (Wildman–Crippen MR) is 237 cm³/mol. The van der Waals surface area contributed by atoms with E-state index in [0.29, 0.717) is 0 Å². The largest absolute Gasteiger partial charge is 0.258 e. The molecule has 1 aliphatic carbocycles. The van der Waals surface area contributed by atoms with Crippen molar-refractivity contribution in [3.8, 4) is 33.4 Å². The minimum absolute atomic E-state index is 0.00106. The van der Waals surface area contributed by atoms with Gasteiger partial charge in [-0.05, 0) is 104 Å². The fraction of sp³-hybridized carbons (Fsp3) is 0.0741. The Kier molecular flexibility index (Phi) is 8.04. The summed E-state index contributed by atoms with van der Waals surface area (Å²) >= 11 is 1.89. The summed E-state index contributed by atoms with van der Waals surface area (Å²) < 4.78 is 0. The molecule has 0 saturated carbocycles. The minimum Gasteiger partial charge on any atom is -0.258 e. The van der Waals surface area contributed by atoms with Gasteiger partial charge in [0.1, 0.15) is 0 Å². The third-order valence-corrected chi connectivity index (χ3v) is 13.3. The SMILES string of the molecule is Cc1c(-c2cccc(C3=N[C@@H](c4ccccc4)CC(c4ccccc4)=N3)c2)cccc1-c1ccc2c(c1)C1(c3ccccc3S2)c2ccccc2-c2ccccc21. The molecule has 2 nitrogen and oxygen atoms in total. The lowest BCUT2D eigenvalue weighted by Crippen LogP contribution is -2.32. The molecule has 0 radical (unpaired) electrons. The predicted octanol–water partition coefficient (Wildman–Crippen LogP) is 13.5. The molecule has 0 bridgehead atoms. The number of hydrogen-bond acceptors (Lipinski definition) is 3. The van der Waals surface area contributed by atoms with Crippen molar-refractivity contribution >= 4 is 23.3 Å². The van der Waals surface area contributed by atoms with Crippen molar-refractivity contribution in [2.75, 3.05) is 0 Å². The van der Waals surface area contributed by atoms with Crippen LogP contribution < -0.4 is 0 Å². The summed E-state index contributed by atoms with van der Waals surface area (Å²) in [6.07, 6.45) is 0.766. The molecule has 3 aliphatic rings. The highest BCUT2D eigenvalue weighted by molar-refractivity contribution is 7.99. The highest BCUT2D eigenvalue weighted by Gasteiger charge is 2.50. The van der Waals surface area contributed by atoms with Crippen molar-refractivity contribution in [3.63, 3.8) is 0 Å². The van der Waals surface area contributed by atoms with E-state index < -0.39 is 5.41 Å². The molecular weight excluding hydrogens is 709 g/mol. The molecule has 3 heteroatoms. The average Bonchev–Trinajstić information content (AvgIpc) is 3.57. The fourth-order valence-corrected chi connectivity index (χ4v) is 10.7. The van der Waals surface area contributed by atoms with Gasteiger partial charge < -0.3 is 0 Å². The Morgan fingerprint density at radius 2 is 1.00 bits per heavy atom. The van der Waals surface area contributed by atoms with Crippen LogP contribution in [0.2, 0.25) is 0 Å². The first-order valence-electron chi connectivity index (χ1n) is 19.7. The van der Waals surface area contributed by atoms with E-state index in [1.165, 1.54) is 71.0 Å². The molecule has 8 aromatic rings. The van der Waals surface area contributed by atoms with E-state index in [9.17, 15) is 0 Å². The molecule has 270 valence electrons. The topological polar surface area (TPSA) is 24.7 Å². The second-order valence-electron chi connectivity index (χ2n) is 15.2. The Bertz CT molecular complexity index is 2880. The average molecular weight is 747 g/mol. The number of fused-ring (bicyclic) bond motifs is 9. The molecule has 0 amide bonds. The first kappa shape index (κ1) is 33.8. The lowest BCUT2D eigenvalue weighted by Gasteiger charge is -2.40. The van der Waals surface area contributed by atoms with E-state index in [1.807, 2.05) is 11.8 Å². The van der Waals surface area contributed by atoms with Crippen molar-refractivity contribution in [2.45, 2.75) is 34.6 Å². The van der Waals surface area contributed by atoms with Crippen LogP contribution in [0.25, 0.3) is 33.4 Å². The molecule has 8 aromatic carbocycles. The second-order valence-corrected chi connectivity index (χ2v) is 16.3. The Labute approximate surface area is 338 Å². The monoisotopic (exact) mass is 746 g/mol. The second kappa shape index (κ2) is 13.6. The number of nitrogens with zero attached hydrogens (tertiary/aromatic N) is 2. The van der Waals surface area contributed by atoms with E-state index in [4.69, 9.17) is 9.98 Å². The van der Waals surface area contributed by atoms with Crippen molar-refractivity contribution in [2.24, 2.45) is 9.98 Å². The van der Waals surface area contributed by atoms with Crippen LogP contribution in [0.5, 0.6) is 0 Å². The quantitative estimate of drug-likeness (QED) is 0.172. The number of hydrogen-bond donors (Lipinski definition) is 0. The molecule has 2 heterocycles. The van der Waals surface area contributed by atoms with Gasteiger partial charge >= 0.3 is 0 Å². The Morgan fingerprint density at radius 3 is 1.74 bits per heavy atom. The number of amidine groups is 1. The van der Waals surface area contributed by atoms with E-state index in [0.717, 1.165) is 34.7 Å². The Hall–Kier alpha value is -6.55. The van der Waals surface area contributed by atoms with Gasteiger partial charge in [0.15, 0.2) is 5.84 Å². The Morgan fingerprint density at radius 1 is 0.456 bits per heavy atom. The standard InChI is InChI=1S/C54H38N2S/c1-35-41(38-20-14-21-40(32-38)53-55-49(36-16-4-2-5-17-36)34-50(56-53)37-18-6-3-7-19-37)24-15-25-42(35)39-30-31-52-48(33-39)54(47-28-12-13-29-51(47)57-52)45-26-10-8-22-43(45)44-23-9-11-27-46(44)54/h2-33,49H,34H2,1H3/t49-/m1/s1. The molecule has 1 atom stereocenters. The zero-order valence-electron chi connectivity index (χ0n) is 31.6. The fourth-order valence-electron chi connectivity index (χ4n) is 9.51. The van der Waals surface area contributed by atoms with Crippen LogP contribution in [0.4, 0.5) is 0 Å². The summed E-state index contributed by atoms with van der Waals surface area (Å²) in [7, 11) is 0. The van der Waals surface area contributed by atoms with Crippen LogP contribution in [0.3, 0.4) is 0 Å². The molecule has 1 spiro atoms. The van der Waals surface area contributed by atoms with Gasteiger partial charge in [-0.3, -0.25) is 4.99 Å². The molecule has 0 N–H and O–H groups in total. The lowest BCUT2D eigenvalue weighted by atomic mass is 9.67. The first-order chi connectivity index (χ1) is 28.2. The van der Waals surface area contributed by atoms with Crippen molar-refractivity contribution in [1.29, 1.82) is 0 Å². The lowest BCUT2D eigenvalue weighted by molar-refractivity contribution is 0.723. The van der Waals surface area contributed by atoms with Gasteiger partial charge in [0.2, 0.25) is 0 Å². The highest BCUT2D eigenvalue weighted by atomic mass is 32.2. The van der Waals surface area contributed by atoms with Crippen LogP contribution in [-0.2, 0) is 5.41 Å². The molecule has 0 aromatic heterocycles. The maximum atomic E-state index is 5.27. The number of rotatable bonds is 5. The summed E-state index contributed by atoms with van der Waals surface area (Å²) in [6, 6.07) is 70.9. The number of benzene rings is 8. The summed E-state index contributed by atoms with van der Waals surface area (Å²) in [5.41, 5.74) is 18.2. The molecule has 57 heavy (non-hydrogen) atoms. The van der Waals surface area contributed by atoms with Gasteiger partial charge in [-0.1, -0.05) is 182 Å². The molecule has 0 unspecified atom stereocenters. The smallest absolute Gasteiger partial charge is 0.155 e. The third-order valence-electron chi connectivity index (χ3n) is 12.1. The van der Waals surface area contributed by atoms with E-state index in [1.54, 1.807) is 0 Å². The van der Waals surface area contributed by atoms with Crippen molar-refractivity contribution < 1.29 is 0 Å². The molecule has 2 aliphatic heterocycles. The summed E-state index contributed by atoms with van der Waals surface area (Å²) in [4.78, 5) is 13.1. The first-order valence-corrected chi connectivity index (χ1v) is 20.6. The van der Waals surface area contributed by atoms with Crippen molar-refractivity contribution in [1.82, 2.24) is 0 Å². The van der Waals surface area contributed by atoms with Crippen LogP contribution >= 0.6 is 11.8 Å². The van der Waals surface area contributed by atoms with E-state index in [2.05, 4.69) is 201 Å². The molecule has 0 fully saturated rings. The van der Waals surface area contributed by atoms with Gasteiger partial charge in [-0.15, -0.1) is 0 Å². The third kappa shape index (κ3) is 5.41. The van der Waals surface area contributed by atoms with Crippen LogP contribution in [0.1, 0.15) is 57.0 Å². The maximum absolute atomic E-state index is 5.27. The van der Waals surface area contributed by atoms with Gasteiger partial charge in [0.05, 0.1) is 17.2 Å². The zero-order valence-corrected chi connectivity index (χ0v) is 32.4. The molecule has 11 rings (SSSR count). The Balaban J connectivity index is 1.03. The van der Waals surface area contributed by atoms with Crippen LogP contribution in [0.15, 0.2) is 214 Å². The van der Waals surface area contributed by atoms with Crippen LogP contribution in [0, 0.1) is 6.92 Å². The normalized spacial score (nSPS) is 15.8. The van der Waals surface area contributed by atoms with Crippen molar-refractivity contribution in [3.05, 3.63) is 239 Å². The van der Waals surface area contributed by atoms with Gasteiger partial charge in [-0.25, -0.2) is 4.99 Å². The van der Waals surface area contributed by atoms with E-state index >= 15 is 0 Å². The summed E-state index contributed by atoms with van der Waals surface area (Å²) in [6.45, 7) is 2.27. The molecule has 0 saturated heterocycles. The van der Waals surface area contributed by atoms with E-state index in [-0.39, 0.29) is 6.04 Å². The highest BCUT2D eigenvalue weighted by Crippen LogP contribution is 2.62. The summed E-state index contributed by atoms with van der Waals surface area (Å²) in [5, 5.41) is 0. The van der Waals surface area contributed by atoms with Gasteiger partial charge in [-0.2, -0.15) is 0 Å². The summed E-state index contributed by atoms with van der Waals surface area (Å²) in [5.74, 6) is 0.777. The molecular formula is C54H38N2S. The van der Waals surface area contributed by atoms with Gasteiger partial charge in [0, 0.05) is 21.8 Å². The van der Waals surface area contributed by atoms with Crippen LogP contribution in [-0.4, -0.2) is 11.5 Å². The van der Waals surface area contributed by atoms with Gasteiger partial charge in [0.25, 0.3) is 0 Å². The maximum Gasteiger partial charge on any atom is 0.155 e. The zero-order chi connectivity index (χ0) is 37.9.